The Morgan fingerprint density at radius 2 is 2.35 bits per heavy atom. The van der Waals surface area contributed by atoms with Crippen LogP contribution in [0.15, 0.2) is 12.4 Å². The minimum absolute atomic E-state index is 0.0540. The molecule has 0 bridgehead atoms. The van der Waals surface area contributed by atoms with Crippen molar-refractivity contribution in [1.29, 1.82) is 5.26 Å². The van der Waals surface area contributed by atoms with Crippen molar-refractivity contribution in [3.8, 4) is 6.07 Å². The molecule has 2 rings (SSSR count). The molecule has 0 spiro atoms. The van der Waals surface area contributed by atoms with Crippen LogP contribution in [0.4, 0.5) is 5.82 Å². The fraction of sp³-hybridized carbons (Fsp3) is 0.500. The van der Waals surface area contributed by atoms with Gasteiger partial charge in [0, 0.05) is 13.1 Å². The van der Waals surface area contributed by atoms with Gasteiger partial charge in [0.25, 0.3) is 0 Å². The summed E-state index contributed by atoms with van der Waals surface area (Å²) in [6.45, 7) is 5.31. The van der Waals surface area contributed by atoms with Crippen LogP contribution in [0.3, 0.4) is 0 Å². The van der Waals surface area contributed by atoms with Crippen molar-refractivity contribution in [2.24, 2.45) is 5.92 Å². The largest absolute Gasteiger partial charge is 0.354 e. The van der Waals surface area contributed by atoms with Gasteiger partial charge in [-0.3, -0.25) is 4.98 Å². The summed E-state index contributed by atoms with van der Waals surface area (Å²) in [5.74, 6) is 0.749. The summed E-state index contributed by atoms with van der Waals surface area (Å²) in [6.07, 6.45) is 3.31. The smallest absolute Gasteiger partial charge is 0.199 e. The number of nitriles is 1. The standard InChI is InChI=1S/C10H13N7/c1-3-16(7-8(2)4-11)10-6-12-5-9-13-14-15-17(9)10/h5-6,8H,3,7H2,1-2H3. The first-order valence-corrected chi connectivity index (χ1v) is 5.43. The second-order valence-corrected chi connectivity index (χ2v) is 3.78. The summed E-state index contributed by atoms with van der Waals surface area (Å²) in [5, 5.41) is 20.2. The molecule has 7 heteroatoms. The zero-order valence-corrected chi connectivity index (χ0v) is 9.78. The average molecular weight is 231 g/mol. The second-order valence-electron chi connectivity index (χ2n) is 3.78. The molecule has 7 nitrogen and oxygen atoms in total. The van der Waals surface area contributed by atoms with Crippen molar-refractivity contribution >= 4 is 11.5 Å². The summed E-state index contributed by atoms with van der Waals surface area (Å²) in [6, 6.07) is 2.22. The van der Waals surface area contributed by atoms with Crippen LogP contribution in [0, 0.1) is 17.2 Å². The first-order valence-electron chi connectivity index (χ1n) is 5.43. The lowest BCUT2D eigenvalue weighted by Crippen LogP contribution is -2.29. The highest BCUT2D eigenvalue weighted by atomic mass is 15.5. The van der Waals surface area contributed by atoms with E-state index in [9.17, 15) is 0 Å². The first-order chi connectivity index (χ1) is 8.26. The normalized spacial score (nSPS) is 12.3. The molecule has 0 aliphatic carbocycles. The maximum absolute atomic E-state index is 8.86. The lowest BCUT2D eigenvalue weighted by atomic mass is 10.2. The number of hydrogen-bond acceptors (Lipinski definition) is 6. The fourth-order valence-electron chi connectivity index (χ4n) is 1.63. The molecular weight excluding hydrogens is 218 g/mol. The summed E-state index contributed by atoms with van der Waals surface area (Å²) in [7, 11) is 0. The average Bonchev–Trinajstić information content (AvgIpc) is 2.83. The van der Waals surface area contributed by atoms with E-state index in [2.05, 4.69) is 26.6 Å². The number of aromatic nitrogens is 5. The Bertz CT molecular complexity index is 541. The molecule has 0 aliphatic rings. The Balaban J connectivity index is 2.36. The van der Waals surface area contributed by atoms with Crippen LogP contribution in [-0.2, 0) is 0 Å². The van der Waals surface area contributed by atoms with Gasteiger partial charge >= 0.3 is 0 Å². The van der Waals surface area contributed by atoms with E-state index < -0.39 is 0 Å². The third-order valence-electron chi connectivity index (χ3n) is 2.51. The predicted octanol–water partition coefficient (Wildman–Crippen LogP) is 0.505. The van der Waals surface area contributed by atoms with E-state index in [1.165, 1.54) is 0 Å². The second kappa shape index (κ2) is 4.74. The number of rotatable bonds is 4. The van der Waals surface area contributed by atoms with E-state index in [-0.39, 0.29) is 5.92 Å². The molecular formula is C10H13N7. The van der Waals surface area contributed by atoms with Crippen LogP contribution >= 0.6 is 0 Å². The monoisotopic (exact) mass is 231 g/mol. The van der Waals surface area contributed by atoms with Crippen molar-refractivity contribution in [3.63, 3.8) is 0 Å². The number of fused-ring (bicyclic) bond motifs is 1. The molecule has 2 heterocycles. The Morgan fingerprint density at radius 1 is 1.53 bits per heavy atom. The third kappa shape index (κ3) is 2.15. The minimum Gasteiger partial charge on any atom is -0.354 e. The van der Waals surface area contributed by atoms with Crippen molar-refractivity contribution in [1.82, 2.24) is 25.0 Å². The SMILES string of the molecule is CCN(CC(C)C#N)c1cncc2nnnn12. The molecule has 0 fully saturated rings. The maximum Gasteiger partial charge on any atom is 0.199 e. The van der Waals surface area contributed by atoms with Crippen molar-refractivity contribution in [2.75, 3.05) is 18.0 Å². The highest BCUT2D eigenvalue weighted by molar-refractivity contribution is 5.45. The van der Waals surface area contributed by atoms with Gasteiger partial charge in [0.15, 0.2) is 11.5 Å². The Labute approximate surface area is 98.7 Å². The van der Waals surface area contributed by atoms with Gasteiger partial charge < -0.3 is 4.90 Å². The number of tetrazole rings is 1. The van der Waals surface area contributed by atoms with Crippen LogP contribution in [0.2, 0.25) is 0 Å². The van der Waals surface area contributed by atoms with Gasteiger partial charge in [-0.2, -0.15) is 9.78 Å². The number of anilines is 1. The molecule has 17 heavy (non-hydrogen) atoms. The molecule has 1 atom stereocenters. The van der Waals surface area contributed by atoms with Crippen molar-refractivity contribution in [3.05, 3.63) is 12.4 Å². The lowest BCUT2D eigenvalue weighted by molar-refractivity contribution is 0.664. The Hall–Kier alpha value is -2.23. The van der Waals surface area contributed by atoms with Crippen LogP contribution in [0.25, 0.3) is 5.65 Å². The summed E-state index contributed by atoms with van der Waals surface area (Å²) in [4.78, 5) is 6.13. The predicted molar refractivity (Wildman–Crippen MR) is 61.2 cm³/mol. The molecule has 0 saturated carbocycles. The topological polar surface area (TPSA) is 83.0 Å². The Morgan fingerprint density at radius 3 is 3.06 bits per heavy atom. The zero-order valence-electron chi connectivity index (χ0n) is 9.78. The summed E-state index contributed by atoms with van der Waals surface area (Å²) >= 11 is 0. The van der Waals surface area contributed by atoms with Gasteiger partial charge in [-0.1, -0.05) is 0 Å². The quantitative estimate of drug-likeness (QED) is 0.762. The molecule has 1 unspecified atom stereocenters. The highest BCUT2D eigenvalue weighted by Gasteiger charge is 2.13. The molecule has 0 radical (unpaired) electrons. The van der Waals surface area contributed by atoms with Gasteiger partial charge in [-0.05, 0) is 24.3 Å². The fourth-order valence-corrected chi connectivity index (χ4v) is 1.63. The van der Waals surface area contributed by atoms with E-state index in [0.717, 1.165) is 12.4 Å². The van der Waals surface area contributed by atoms with E-state index >= 15 is 0 Å². The third-order valence-corrected chi connectivity index (χ3v) is 2.51. The van der Waals surface area contributed by atoms with Gasteiger partial charge in [0.05, 0.1) is 24.4 Å². The van der Waals surface area contributed by atoms with Gasteiger partial charge in [-0.15, -0.1) is 5.10 Å². The maximum atomic E-state index is 8.86. The molecule has 88 valence electrons. The number of nitrogens with zero attached hydrogens (tertiary/aromatic N) is 7. The van der Waals surface area contributed by atoms with Crippen LogP contribution < -0.4 is 4.90 Å². The molecule has 0 aliphatic heterocycles. The van der Waals surface area contributed by atoms with E-state index in [4.69, 9.17) is 5.26 Å². The molecule has 0 saturated heterocycles. The molecule has 0 aromatic carbocycles. The van der Waals surface area contributed by atoms with E-state index in [1.54, 1.807) is 16.9 Å². The Kier molecular flexibility index (Phi) is 3.14. The summed E-state index contributed by atoms with van der Waals surface area (Å²) < 4.78 is 1.63. The highest BCUT2D eigenvalue weighted by Crippen LogP contribution is 2.14. The molecule has 2 aromatic heterocycles. The number of hydrogen-bond donors (Lipinski definition) is 0. The van der Waals surface area contributed by atoms with Crippen LogP contribution in [-0.4, -0.2) is 38.1 Å². The van der Waals surface area contributed by atoms with Crippen LogP contribution in [0.5, 0.6) is 0 Å². The van der Waals surface area contributed by atoms with Crippen molar-refractivity contribution in [2.45, 2.75) is 13.8 Å². The molecule has 0 N–H and O–H groups in total. The minimum atomic E-state index is -0.0540. The van der Waals surface area contributed by atoms with E-state index in [0.29, 0.717) is 12.2 Å². The molecule has 0 amide bonds. The van der Waals surface area contributed by atoms with Crippen LogP contribution in [0.1, 0.15) is 13.8 Å². The van der Waals surface area contributed by atoms with Gasteiger partial charge in [-0.25, -0.2) is 0 Å². The molecule has 2 aromatic rings. The zero-order chi connectivity index (χ0) is 12.3. The van der Waals surface area contributed by atoms with Gasteiger partial charge in [0.1, 0.15) is 0 Å². The first kappa shape index (κ1) is 11.3. The lowest BCUT2D eigenvalue weighted by Gasteiger charge is -2.23. The van der Waals surface area contributed by atoms with E-state index in [1.807, 2.05) is 18.7 Å². The van der Waals surface area contributed by atoms with Crippen molar-refractivity contribution < 1.29 is 0 Å². The summed E-state index contributed by atoms with van der Waals surface area (Å²) in [5.41, 5.74) is 0.602. The van der Waals surface area contributed by atoms with Gasteiger partial charge in [0.2, 0.25) is 0 Å².